The topological polar surface area (TPSA) is 64.9 Å². The smallest absolute Gasteiger partial charge is 0.221 e. The summed E-state index contributed by atoms with van der Waals surface area (Å²) in [6, 6.07) is 8.42. The molecule has 0 saturated carbocycles. The Bertz CT molecular complexity index is 534. The van der Waals surface area contributed by atoms with E-state index in [2.05, 4.69) is 41.4 Å². The Morgan fingerprint density at radius 1 is 1.21 bits per heavy atom. The molecular formula is C15H21N3O. The highest BCUT2D eigenvalue weighted by Gasteiger charge is 2.19. The molecule has 19 heavy (non-hydrogen) atoms. The van der Waals surface area contributed by atoms with Crippen LogP contribution in [0, 0.1) is 6.92 Å². The molecule has 2 rings (SSSR count). The number of rotatable bonds is 5. The van der Waals surface area contributed by atoms with Gasteiger partial charge < -0.3 is 10.2 Å². The van der Waals surface area contributed by atoms with Gasteiger partial charge in [0.25, 0.3) is 0 Å². The maximum Gasteiger partial charge on any atom is 0.221 e. The Kier molecular flexibility index (Phi) is 4.32. The number of aryl methyl sites for hydroxylation is 1. The minimum atomic E-state index is 0.0850. The van der Waals surface area contributed by atoms with Crippen molar-refractivity contribution in [2.45, 2.75) is 39.0 Å². The third-order valence-corrected chi connectivity index (χ3v) is 3.15. The standard InChI is InChI=1S/C15H21N3O/c1-10(2)14-17-18-15(19-14)13(9-16)8-12-6-4-5-11(3)7-12/h4-7,10,13H,8-9,16H2,1-3H3. The predicted octanol–water partition coefficient (Wildman–Crippen LogP) is 2.79. The van der Waals surface area contributed by atoms with Gasteiger partial charge in [-0.1, -0.05) is 43.7 Å². The third-order valence-electron chi connectivity index (χ3n) is 3.15. The van der Waals surface area contributed by atoms with Crippen molar-refractivity contribution in [2.24, 2.45) is 5.73 Å². The second-order valence-electron chi connectivity index (χ2n) is 5.26. The normalized spacial score (nSPS) is 12.9. The highest BCUT2D eigenvalue weighted by Crippen LogP contribution is 2.22. The van der Waals surface area contributed by atoms with Crippen LogP contribution in [0.2, 0.25) is 0 Å². The lowest BCUT2D eigenvalue weighted by molar-refractivity contribution is 0.402. The molecule has 1 atom stereocenters. The fourth-order valence-corrected chi connectivity index (χ4v) is 2.04. The fourth-order valence-electron chi connectivity index (χ4n) is 2.04. The Hall–Kier alpha value is -1.68. The van der Waals surface area contributed by atoms with Gasteiger partial charge in [0.05, 0.1) is 5.92 Å². The van der Waals surface area contributed by atoms with E-state index in [0.29, 0.717) is 18.3 Å². The second kappa shape index (κ2) is 5.97. The molecule has 0 amide bonds. The van der Waals surface area contributed by atoms with Gasteiger partial charge in [-0.05, 0) is 18.9 Å². The van der Waals surface area contributed by atoms with Gasteiger partial charge in [-0.3, -0.25) is 0 Å². The second-order valence-corrected chi connectivity index (χ2v) is 5.26. The summed E-state index contributed by atoms with van der Waals surface area (Å²) in [5.74, 6) is 1.66. The molecule has 0 spiro atoms. The van der Waals surface area contributed by atoms with Crippen LogP contribution in [0.1, 0.15) is 48.6 Å². The quantitative estimate of drug-likeness (QED) is 0.896. The van der Waals surface area contributed by atoms with Gasteiger partial charge in [0.1, 0.15) is 0 Å². The van der Waals surface area contributed by atoms with E-state index in [0.717, 1.165) is 6.42 Å². The number of hydrogen-bond donors (Lipinski definition) is 1. The largest absolute Gasteiger partial charge is 0.425 e. The van der Waals surface area contributed by atoms with E-state index in [4.69, 9.17) is 10.2 Å². The van der Waals surface area contributed by atoms with Gasteiger partial charge in [0.2, 0.25) is 11.8 Å². The molecule has 1 aromatic carbocycles. The molecular weight excluding hydrogens is 238 g/mol. The third kappa shape index (κ3) is 3.41. The van der Waals surface area contributed by atoms with Crippen LogP contribution in [-0.2, 0) is 6.42 Å². The van der Waals surface area contributed by atoms with E-state index in [9.17, 15) is 0 Å². The summed E-state index contributed by atoms with van der Waals surface area (Å²) < 4.78 is 5.70. The van der Waals surface area contributed by atoms with E-state index in [-0.39, 0.29) is 11.8 Å². The van der Waals surface area contributed by atoms with Gasteiger partial charge in [-0.15, -0.1) is 10.2 Å². The molecule has 0 radical (unpaired) electrons. The Labute approximate surface area is 114 Å². The lowest BCUT2D eigenvalue weighted by atomic mass is 9.98. The first-order chi connectivity index (χ1) is 9.10. The summed E-state index contributed by atoms with van der Waals surface area (Å²) in [7, 11) is 0. The Balaban J connectivity index is 2.15. The lowest BCUT2D eigenvalue weighted by Crippen LogP contribution is -2.15. The minimum absolute atomic E-state index is 0.0850. The minimum Gasteiger partial charge on any atom is -0.425 e. The van der Waals surface area contributed by atoms with Crippen LogP contribution in [-0.4, -0.2) is 16.7 Å². The van der Waals surface area contributed by atoms with Crippen molar-refractivity contribution >= 4 is 0 Å². The van der Waals surface area contributed by atoms with Crippen LogP contribution >= 0.6 is 0 Å². The molecule has 4 heteroatoms. The molecule has 1 heterocycles. The molecule has 0 saturated heterocycles. The Morgan fingerprint density at radius 2 is 1.95 bits per heavy atom. The van der Waals surface area contributed by atoms with E-state index < -0.39 is 0 Å². The van der Waals surface area contributed by atoms with Gasteiger partial charge >= 0.3 is 0 Å². The first-order valence-electron chi connectivity index (χ1n) is 6.69. The van der Waals surface area contributed by atoms with Crippen molar-refractivity contribution in [3.63, 3.8) is 0 Å². The van der Waals surface area contributed by atoms with Crippen LogP contribution in [0.15, 0.2) is 28.7 Å². The average molecular weight is 259 g/mol. The lowest BCUT2D eigenvalue weighted by Gasteiger charge is -2.10. The number of aromatic nitrogens is 2. The first kappa shape index (κ1) is 13.7. The molecule has 102 valence electrons. The van der Waals surface area contributed by atoms with Gasteiger partial charge in [0.15, 0.2) is 0 Å². The van der Waals surface area contributed by atoms with E-state index in [1.165, 1.54) is 11.1 Å². The molecule has 2 N–H and O–H groups in total. The molecule has 0 fully saturated rings. The number of benzene rings is 1. The average Bonchev–Trinajstić information content (AvgIpc) is 2.85. The summed E-state index contributed by atoms with van der Waals surface area (Å²) in [6.07, 6.45) is 0.831. The highest BCUT2D eigenvalue weighted by atomic mass is 16.4. The summed E-state index contributed by atoms with van der Waals surface area (Å²) >= 11 is 0. The Morgan fingerprint density at radius 3 is 2.53 bits per heavy atom. The van der Waals surface area contributed by atoms with Crippen LogP contribution in [0.4, 0.5) is 0 Å². The molecule has 1 aromatic heterocycles. The summed E-state index contributed by atoms with van der Waals surface area (Å²) in [5, 5.41) is 8.20. The van der Waals surface area contributed by atoms with Gasteiger partial charge in [0, 0.05) is 12.5 Å². The van der Waals surface area contributed by atoms with Crippen molar-refractivity contribution in [3.05, 3.63) is 47.2 Å². The zero-order valence-corrected chi connectivity index (χ0v) is 11.8. The monoisotopic (exact) mass is 259 g/mol. The van der Waals surface area contributed by atoms with Crippen LogP contribution in [0.25, 0.3) is 0 Å². The molecule has 4 nitrogen and oxygen atoms in total. The molecule has 1 unspecified atom stereocenters. The van der Waals surface area contributed by atoms with Gasteiger partial charge in [-0.25, -0.2) is 0 Å². The molecule has 0 aliphatic carbocycles. The maximum absolute atomic E-state index is 5.85. The van der Waals surface area contributed by atoms with Gasteiger partial charge in [-0.2, -0.15) is 0 Å². The van der Waals surface area contributed by atoms with Crippen LogP contribution in [0.5, 0.6) is 0 Å². The summed E-state index contributed by atoms with van der Waals surface area (Å²) in [4.78, 5) is 0. The van der Waals surface area contributed by atoms with Crippen molar-refractivity contribution in [1.29, 1.82) is 0 Å². The number of nitrogens with zero attached hydrogens (tertiary/aromatic N) is 2. The number of hydrogen-bond acceptors (Lipinski definition) is 4. The summed E-state index contributed by atoms with van der Waals surface area (Å²) in [5.41, 5.74) is 8.35. The van der Waals surface area contributed by atoms with Crippen molar-refractivity contribution in [3.8, 4) is 0 Å². The van der Waals surface area contributed by atoms with Crippen molar-refractivity contribution in [2.75, 3.05) is 6.54 Å². The van der Waals surface area contributed by atoms with E-state index in [1.807, 2.05) is 13.8 Å². The SMILES string of the molecule is Cc1cccc(CC(CN)c2nnc(C(C)C)o2)c1. The molecule has 0 aliphatic rings. The van der Waals surface area contributed by atoms with E-state index >= 15 is 0 Å². The highest BCUT2D eigenvalue weighted by molar-refractivity contribution is 5.23. The fraction of sp³-hybridized carbons (Fsp3) is 0.467. The van der Waals surface area contributed by atoms with Crippen LogP contribution in [0.3, 0.4) is 0 Å². The first-order valence-corrected chi connectivity index (χ1v) is 6.69. The number of nitrogens with two attached hydrogens (primary N) is 1. The maximum atomic E-state index is 5.85. The van der Waals surface area contributed by atoms with Crippen LogP contribution < -0.4 is 5.73 Å². The summed E-state index contributed by atoms with van der Waals surface area (Å²) in [6.45, 7) is 6.67. The molecule has 0 aliphatic heterocycles. The zero-order chi connectivity index (χ0) is 13.8. The van der Waals surface area contributed by atoms with E-state index in [1.54, 1.807) is 0 Å². The van der Waals surface area contributed by atoms with Crippen molar-refractivity contribution < 1.29 is 4.42 Å². The zero-order valence-electron chi connectivity index (χ0n) is 11.8. The molecule has 0 bridgehead atoms. The molecule has 2 aromatic rings. The van der Waals surface area contributed by atoms with Crippen molar-refractivity contribution in [1.82, 2.24) is 10.2 Å². The predicted molar refractivity (Wildman–Crippen MR) is 75.1 cm³/mol.